The minimum atomic E-state index is -0.962. The molecule has 0 amide bonds. The lowest BCUT2D eigenvalue weighted by molar-refractivity contribution is -0.148. The molecule has 0 aromatic carbocycles. The second-order valence-corrected chi connectivity index (χ2v) is 3.04. The highest BCUT2D eigenvalue weighted by Gasteiger charge is 2.17. The van der Waals surface area contributed by atoms with E-state index < -0.39 is 12.1 Å². The summed E-state index contributed by atoms with van der Waals surface area (Å²) in [5, 5.41) is 8.75. The molecule has 0 saturated carbocycles. The Balaban J connectivity index is 2.72. The smallest absolute Gasteiger partial charge is 0.333 e. The van der Waals surface area contributed by atoms with Crippen LogP contribution in [0.25, 0.3) is 0 Å². The molecule has 0 spiro atoms. The van der Waals surface area contributed by atoms with Crippen molar-refractivity contribution in [2.75, 3.05) is 7.11 Å². The summed E-state index contributed by atoms with van der Waals surface area (Å²) in [6.07, 6.45) is -0.516. The molecule has 0 aliphatic carbocycles. The average Bonchev–Trinajstić information content (AvgIpc) is 2.14. The average molecular weight is 195 g/mol. The quantitative estimate of drug-likeness (QED) is 0.779. The van der Waals surface area contributed by atoms with Gasteiger partial charge in [-0.25, -0.2) is 4.79 Å². The number of aryl methyl sites for hydroxylation is 1. The van der Waals surface area contributed by atoms with Crippen LogP contribution >= 0.6 is 0 Å². The molecule has 1 aromatic rings. The maximum absolute atomic E-state index is 10.7. The Morgan fingerprint density at radius 2 is 2.36 bits per heavy atom. The third kappa shape index (κ3) is 2.81. The number of pyridine rings is 1. The van der Waals surface area contributed by atoms with E-state index in [0.29, 0.717) is 6.42 Å². The second-order valence-electron chi connectivity index (χ2n) is 3.04. The highest BCUT2D eigenvalue weighted by Crippen LogP contribution is 2.04. The van der Waals surface area contributed by atoms with Crippen molar-refractivity contribution in [1.29, 1.82) is 0 Å². The predicted molar refractivity (Wildman–Crippen MR) is 51.1 cm³/mol. The van der Waals surface area contributed by atoms with Crippen LogP contribution in [0.5, 0.6) is 0 Å². The Hall–Kier alpha value is -1.42. The number of aliphatic carboxylic acids is 1. The lowest BCUT2D eigenvalue weighted by Crippen LogP contribution is -2.25. The molecular weight excluding hydrogens is 182 g/mol. The van der Waals surface area contributed by atoms with E-state index in [9.17, 15) is 4.79 Å². The molecule has 1 aromatic heterocycles. The fourth-order valence-electron chi connectivity index (χ4n) is 1.17. The highest BCUT2D eigenvalue weighted by molar-refractivity contribution is 5.72. The molecule has 0 saturated heterocycles. The van der Waals surface area contributed by atoms with Gasteiger partial charge in [-0.2, -0.15) is 0 Å². The molecule has 76 valence electrons. The zero-order valence-electron chi connectivity index (χ0n) is 8.23. The number of aromatic nitrogens is 1. The van der Waals surface area contributed by atoms with Crippen LogP contribution in [0.4, 0.5) is 0 Å². The van der Waals surface area contributed by atoms with Gasteiger partial charge < -0.3 is 9.84 Å². The molecule has 1 unspecified atom stereocenters. The van der Waals surface area contributed by atoms with E-state index in [4.69, 9.17) is 9.84 Å². The summed E-state index contributed by atoms with van der Waals surface area (Å²) in [7, 11) is 1.38. The fourth-order valence-corrected chi connectivity index (χ4v) is 1.17. The summed E-state index contributed by atoms with van der Waals surface area (Å²) in [6.45, 7) is 1.87. The van der Waals surface area contributed by atoms with Gasteiger partial charge in [-0.3, -0.25) is 4.98 Å². The Morgan fingerprint density at radius 1 is 1.64 bits per heavy atom. The molecule has 0 bridgehead atoms. The van der Waals surface area contributed by atoms with Crippen molar-refractivity contribution in [3.05, 3.63) is 29.6 Å². The first-order chi connectivity index (χ1) is 6.63. The lowest BCUT2D eigenvalue weighted by atomic mass is 10.2. The van der Waals surface area contributed by atoms with Crippen molar-refractivity contribution in [2.45, 2.75) is 19.4 Å². The van der Waals surface area contributed by atoms with E-state index >= 15 is 0 Å². The Morgan fingerprint density at radius 3 is 2.86 bits per heavy atom. The summed E-state index contributed by atoms with van der Waals surface area (Å²) < 4.78 is 4.82. The van der Waals surface area contributed by atoms with Gasteiger partial charge >= 0.3 is 5.97 Å². The number of hydrogen-bond donors (Lipinski definition) is 1. The van der Waals surface area contributed by atoms with E-state index in [1.807, 2.05) is 19.1 Å². The van der Waals surface area contributed by atoms with Crippen molar-refractivity contribution in [3.63, 3.8) is 0 Å². The predicted octanol–water partition coefficient (Wildman–Crippen LogP) is 1.03. The molecule has 1 N–H and O–H groups in total. The van der Waals surface area contributed by atoms with E-state index in [1.165, 1.54) is 7.11 Å². The molecule has 14 heavy (non-hydrogen) atoms. The summed E-state index contributed by atoms with van der Waals surface area (Å²) in [6, 6.07) is 5.51. The van der Waals surface area contributed by atoms with Gasteiger partial charge in [0, 0.05) is 24.9 Å². The minimum Gasteiger partial charge on any atom is -0.479 e. The number of ether oxygens (including phenoxy) is 1. The van der Waals surface area contributed by atoms with Gasteiger partial charge in [0.15, 0.2) is 6.10 Å². The summed E-state index contributed by atoms with van der Waals surface area (Å²) in [4.78, 5) is 14.9. The topological polar surface area (TPSA) is 59.4 Å². The maximum Gasteiger partial charge on any atom is 0.333 e. The molecule has 0 radical (unpaired) electrons. The summed E-state index contributed by atoms with van der Waals surface area (Å²) >= 11 is 0. The van der Waals surface area contributed by atoms with Crippen molar-refractivity contribution < 1.29 is 14.6 Å². The van der Waals surface area contributed by atoms with Gasteiger partial charge in [-0.1, -0.05) is 6.07 Å². The number of hydrogen-bond acceptors (Lipinski definition) is 3. The third-order valence-electron chi connectivity index (χ3n) is 1.90. The molecule has 4 nitrogen and oxygen atoms in total. The molecule has 1 rings (SSSR count). The number of methoxy groups -OCH3 is 1. The third-order valence-corrected chi connectivity index (χ3v) is 1.90. The van der Waals surface area contributed by atoms with E-state index in [-0.39, 0.29) is 0 Å². The van der Waals surface area contributed by atoms with E-state index in [1.54, 1.807) is 6.07 Å². The normalized spacial score (nSPS) is 12.4. The lowest BCUT2D eigenvalue weighted by Gasteiger charge is -2.09. The molecule has 0 fully saturated rings. The van der Waals surface area contributed by atoms with Crippen LogP contribution in [-0.2, 0) is 16.0 Å². The number of carboxylic acid groups (broad SMARTS) is 1. The maximum atomic E-state index is 10.7. The highest BCUT2D eigenvalue weighted by atomic mass is 16.5. The number of rotatable bonds is 4. The molecule has 0 aliphatic rings. The van der Waals surface area contributed by atoms with Gasteiger partial charge in [-0.15, -0.1) is 0 Å². The Labute approximate surface area is 82.5 Å². The van der Waals surface area contributed by atoms with Gasteiger partial charge in [0.25, 0.3) is 0 Å². The van der Waals surface area contributed by atoms with Gasteiger partial charge in [-0.05, 0) is 19.1 Å². The zero-order valence-corrected chi connectivity index (χ0v) is 8.23. The monoisotopic (exact) mass is 195 g/mol. The van der Waals surface area contributed by atoms with Crippen LogP contribution in [0.3, 0.4) is 0 Å². The first-order valence-electron chi connectivity index (χ1n) is 4.31. The SMILES string of the molecule is COC(Cc1cccc(C)n1)C(=O)O. The van der Waals surface area contributed by atoms with Gasteiger partial charge in [0.05, 0.1) is 0 Å². The second kappa shape index (κ2) is 4.72. The minimum absolute atomic E-state index is 0.299. The van der Waals surface area contributed by atoms with Crippen molar-refractivity contribution in [1.82, 2.24) is 4.98 Å². The van der Waals surface area contributed by atoms with Crippen LogP contribution in [0.2, 0.25) is 0 Å². The summed E-state index contributed by atoms with van der Waals surface area (Å²) in [5.41, 5.74) is 1.61. The Kier molecular flexibility index (Phi) is 3.59. The van der Waals surface area contributed by atoms with Crippen LogP contribution in [0.15, 0.2) is 18.2 Å². The molecule has 4 heteroatoms. The van der Waals surface area contributed by atoms with Crippen molar-refractivity contribution >= 4 is 5.97 Å². The number of carboxylic acids is 1. The largest absolute Gasteiger partial charge is 0.479 e. The number of carbonyl (C=O) groups is 1. The zero-order chi connectivity index (χ0) is 10.6. The van der Waals surface area contributed by atoms with Crippen LogP contribution in [-0.4, -0.2) is 29.3 Å². The van der Waals surface area contributed by atoms with Crippen LogP contribution in [0, 0.1) is 6.92 Å². The Bertz CT molecular complexity index is 325. The van der Waals surface area contributed by atoms with Crippen molar-refractivity contribution in [3.8, 4) is 0 Å². The standard InChI is InChI=1S/C10H13NO3/c1-7-4-3-5-8(11-7)6-9(14-2)10(12)13/h3-5,9H,6H2,1-2H3,(H,12,13). The molecule has 1 atom stereocenters. The van der Waals surface area contributed by atoms with Gasteiger partial charge in [0.2, 0.25) is 0 Å². The molecule has 1 heterocycles. The van der Waals surface area contributed by atoms with Crippen LogP contribution < -0.4 is 0 Å². The van der Waals surface area contributed by atoms with E-state index in [0.717, 1.165) is 11.4 Å². The fraction of sp³-hybridized carbons (Fsp3) is 0.400. The van der Waals surface area contributed by atoms with Crippen LogP contribution in [0.1, 0.15) is 11.4 Å². The first kappa shape index (κ1) is 10.7. The molecular formula is C10H13NO3. The first-order valence-corrected chi connectivity index (χ1v) is 4.31. The van der Waals surface area contributed by atoms with Gasteiger partial charge in [0.1, 0.15) is 0 Å². The van der Waals surface area contributed by atoms with E-state index in [2.05, 4.69) is 4.98 Å². The number of nitrogens with zero attached hydrogens (tertiary/aromatic N) is 1. The van der Waals surface area contributed by atoms with Crippen molar-refractivity contribution in [2.24, 2.45) is 0 Å². The summed E-state index contributed by atoms with van der Waals surface area (Å²) in [5.74, 6) is -0.962. The molecule has 0 aliphatic heterocycles.